The Morgan fingerprint density at radius 2 is 1.50 bits per heavy atom. The lowest BCUT2D eigenvalue weighted by molar-refractivity contribution is 0.545. The molecule has 1 radical (unpaired) electrons. The highest BCUT2D eigenvalue weighted by Gasteiger charge is 2.16. The minimum absolute atomic E-state index is 0.350. The predicted molar refractivity (Wildman–Crippen MR) is 50.5 cm³/mol. The van der Waals surface area contributed by atoms with Gasteiger partial charge in [0.05, 0.1) is 5.56 Å². The lowest BCUT2D eigenvalue weighted by atomic mass is 10.0. The Bertz CT molecular complexity index is 511. The van der Waals surface area contributed by atoms with Crippen LogP contribution in [0.2, 0.25) is 0 Å². The SMILES string of the molecule is Fc1cc(F)c(-c2[c]cccc2F)c(F)c1. The van der Waals surface area contributed by atoms with Crippen molar-refractivity contribution in [2.24, 2.45) is 0 Å². The van der Waals surface area contributed by atoms with E-state index < -0.39 is 28.8 Å². The second-order valence-corrected chi connectivity index (χ2v) is 3.14. The summed E-state index contributed by atoms with van der Waals surface area (Å²) < 4.78 is 52.5. The van der Waals surface area contributed by atoms with E-state index in [1.54, 1.807) is 0 Å². The van der Waals surface area contributed by atoms with E-state index in [9.17, 15) is 17.6 Å². The van der Waals surface area contributed by atoms with Crippen molar-refractivity contribution < 1.29 is 17.6 Å². The van der Waals surface area contributed by atoms with Crippen LogP contribution < -0.4 is 0 Å². The van der Waals surface area contributed by atoms with Crippen molar-refractivity contribution in [1.82, 2.24) is 0 Å². The van der Waals surface area contributed by atoms with Crippen LogP contribution in [0.4, 0.5) is 17.6 Å². The number of rotatable bonds is 1. The third-order valence-corrected chi connectivity index (χ3v) is 2.06. The molecule has 0 bridgehead atoms. The summed E-state index contributed by atoms with van der Waals surface area (Å²) in [4.78, 5) is 0. The lowest BCUT2D eigenvalue weighted by Gasteiger charge is -2.05. The van der Waals surface area contributed by atoms with Crippen molar-refractivity contribution in [1.29, 1.82) is 0 Å². The molecular weight excluding hydrogens is 220 g/mol. The highest BCUT2D eigenvalue weighted by atomic mass is 19.1. The summed E-state index contributed by atoms with van der Waals surface area (Å²) in [6.07, 6.45) is 0. The van der Waals surface area contributed by atoms with Crippen molar-refractivity contribution in [2.75, 3.05) is 0 Å². The van der Waals surface area contributed by atoms with Crippen LogP contribution in [0.3, 0.4) is 0 Å². The first kappa shape index (κ1) is 10.7. The molecule has 0 saturated heterocycles. The minimum Gasteiger partial charge on any atom is -0.207 e. The maximum Gasteiger partial charge on any atom is 0.137 e. The molecule has 4 heteroatoms. The number of hydrogen-bond acceptors (Lipinski definition) is 0. The fourth-order valence-corrected chi connectivity index (χ4v) is 1.39. The van der Waals surface area contributed by atoms with Crippen molar-refractivity contribution in [3.8, 4) is 11.1 Å². The van der Waals surface area contributed by atoms with E-state index in [1.165, 1.54) is 12.1 Å². The van der Waals surface area contributed by atoms with Crippen LogP contribution in [0.1, 0.15) is 0 Å². The van der Waals surface area contributed by atoms with Crippen LogP contribution in [-0.4, -0.2) is 0 Å². The Balaban J connectivity index is 2.70. The largest absolute Gasteiger partial charge is 0.207 e. The molecule has 0 N–H and O–H groups in total. The molecule has 0 aromatic heterocycles. The van der Waals surface area contributed by atoms with E-state index in [4.69, 9.17) is 0 Å². The van der Waals surface area contributed by atoms with E-state index in [0.717, 1.165) is 6.07 Å². The first-order chi connectivity index (χ1) is 7.59. The number of benzene rings is 2. The smallest absolute Gasteiger partial charge is 0.137 e. The zero-order chi connectivity index (χ0) is 11.7. The van der Waals surface area contributed by atoms with E-state index in [2.05, 4.69) is 6.07 Å². The molecule has 0 aliphatic carbocycles. The van der Waals surface area contributed by atoms with E-state index in [0.29, 0.717) is 12.1 Å². The topological polar surface area (TPSA) is 0 Å². The summed E-state index contributed by atoms with van der Waals surface area (Å²) in [5.74, 6) is -4.17. The van der Waals surface area contributed by atoms with E-state index in [1.807, 2.05) is 0 Å². The molecule has 2 rings (SSSR count). The Morgan fingerprint density at radius 3 is 2.06 bits per heavy atom. The van der Waals surface area contributed by atoms with Gasteiger partial charge in [-0.1, -0.05) is 12.1 Å². The van der Waals surface area contributed by atoms with Crippen LogP contribution >= 0.6 is 0 Å². The van der Waals surface area contributed by atoms with Crippen LogP contribution in [0.5, 0.6) is 0 Å². The zero-order valence-corrected chi connectivity index (χ0v) is 7.90. The van der Waals surface area contributed by atoms with E-state index >= 15 is 0 Å². The highest BCUT2D eigenvalue weighted by Crippen LogP contribution is 2.28. The summed E-state index contributed by atoms with van der Waals surface area (Å²) in [5.41, 5.74) is -0.961. The molecule has 0 atom stereocenters. The molecular formula is C12H5F4. The van der Waals surface area contributed by atoms with Gasteiger partial charge in [-0.05, 0) is 12.1 Å². The van der Waals surface area contributed by atoms with Gasteiger partial charge in [-0.25, -0.2) is 17.6 Å². The summed E-state index contributed by atoms with van der Waals surface area (Å²) in [6, 6.07) is 7.09. The van der Waals surface area contributed by atoms with Crippen molar-refractivity contribution in [3.63, 3.8) is 0 Å². The monoisotopic (exact) mass is 225 g/mol. The molecule has 0 heterocycles. The maximum absolute atomic E-state index is 13.3. The standard InChI is InChI=1S/C12H5F4/c13-7-5-10(15)12(11(16)6-7)8-3-1-2-4-9(8)14/h1-2,4-6H. The Labute approximate surface area is 89.2 Å². The fourth-order valence-electron chi connectivity index (χ4n) is 1.39. The lowest BCUT2D eigenvalue weighted by Crippen LogP contribution is -1.94. The summed E-state index contributed by atoms with van der Waals surface area (Å²) in [7, 11) is 0. The van der Waals surface area contributed by atoms with Gasteiger partial charge in [0.2, 0.25) is 0 Å². The molecule has 0 aliphatic heterocycles. The number of halogens is 4. The van der Waals surface area contributed by atoms with Crippen LogP contribution in [0.25, 0.3) is 11.1 Å². The molecule has 0 spiro atoms. The average molecular weight is 225 g/mol. The maximum atomic E-state index is 13.3. The summed E-state index contributed by atoms with van der Waals surface area (Å²) in [6.45, 7) is 0. The van der Waals surface area contributed by atoms with Gasteiger partial charge in [-0.2, -0.15) is 0 Å². The first-order valence-electron chi connectivity index (χ1n) is 4.40. The fraction of sp³-hybridized carbons (Fsp3) is 0. The van der Waals surface area contributed by atoms with Crippen molar-refractivity contribution in [3.05, 3.63) is 59.7 Å². The molecule has 0 aliphatic rings. The van der Waals surface area contributed by atoms with Crippen LogP contribution in [-0.2, 0) is 0 Å². The van der Waals surface area contributed by atoms with Crippen molar-refractivity contribution >= 4 is 0 Å². The van der Waals surface area contributed by atoms with Crippen LogP contribution in [0, 0.1) is 29.3 Å². The molecule has 0 saturated carbocycles. The highest BCUT2D eigenvalue weighted by molar-refractivity contribution is 5.64. The molecule has 0 amide bonds. The minimum atomic E-state index is -1.15. The first-order valence-corrected chi connectivity index (χ1v) is 4.40. The molecule has 0 unspecified atom stereocenters. The molecule has 2 aromatic carbocycles. The molecule has 81 valence electrons. The third-order valence-electron chi connectivity index (χ3n) is 2.06. The van der Waals surface area contributed by atoms with Gasteiger partial charge in [0.15, 0.2) is 0 Å². The van der Waals surface area contributed by atoms with Gasteiger partial charge in [-0.3, -0.25) is 0 Å². The molecule has 0 fully saturated rings. The summed E-state index contributed by atoms with van der Waals surface area (Å²) in [5, 5.41) is 0. The Morgan fingerprint density at radius 1 is 0.875 bits per heavy atom. The van der Waals surface area contributed by atoms with Gasteiger partial charge < -0.3 is 0 Å². The average Bonchev–Trinajstić information content (AvgIpc) is 2.19. The third kappa shape index (κ3) is 1.78. The second kappa shape index (κ2) is 3.96. The van der Waals surface area contributed by atoms with Gasteiger partial charge in [0, 0.05) is 17.7 Å². The van der Waals surface area contributed by atoms with E-state index in [-0.39, 0.29) is 5.56 Å². The second-order valence-electron chi connectivity index (χ2n) is 3.14. The zero-order valence-electron chi connectivity index (χ0n) is 7.90. The van der Waals surface area contributed by atoms with Gasteiger partial charge in [0.25, 0.3) is 0 Å². The van der Waals surface area contributed by atoms with Gasteiger partial charge >= 0.3 is 0 Å². The normalized spacial score (nSPS) is 10.5. The Hall–Kier alpha value is -1.84. The molecule has 16 heavy (non-hydrogen) atoms. The summed E-state index contributed by atoms with van der Waals surface area (Å²) >= 11 is 0. The van der Waals surface area contributed by atoms with Gasteiger partial charge in [0.1, 0.15) is 23.3 Å². The van der Waals surface area contributed by atoms with Gasteiger partial charge in [-0.15, -0.1) is 0 Å². The quantitative estimate of drug-likeness (QED) is 0.649. The van der Waals surface area contributed by atoms with Crippen LogP contribution in [0.15, 0.2) is 30.3 Å². The molecule has 0 nitrogen and oxygen atoms in total. The predicted octanol–water partition coefficient (Wildman–Crippen LogP) is 3.71. The molecule has 2 aromatic rings. The Kier molecular flexibility index (Phi) is 2.64. The van der Waals surface area contributed by atoms with Crippen molar-refractivity contribution in [2.45, 2.75) is 0 Å². The number of hydrogen-bond donors (Lipinski definition) is 0.